The van der Waals surface area contributed by atoms with Crippen molar-refractivity contribution in [1.29, 1.82) is 0 Å². The molecule has 0 saturated heterocycles. The van der Waals surface area contributed by atoms with Crippen LogP contribution in [0.15, 0.2) is 28.8 Å². The van der Waals surface area contributed by atoms with Gasteiger partial charge < -0.3 is 14.6 Å². The number of nitrogens with one attached hydrogen (secondary N) is 1. The highest BCUT2D eigenvalue weighted by molar-refractivity contribution is 5.97. The number of hydrogen-bond acceptors (Lipinski definition) is 6. The van der Waals surface area contributed by atoms with Gasteiger partial charge in [0, 0.05) is 11.1 Å². The molecule has 1 aromatic heterocycles. The van der Waals surface area contributed by atoms with Gasteiger partial charge in [0.1, 0.15) is 6.04 Å². The van der Waals surface area contributed by atoms with Crippen LogP contribution in [0.1, 0.15) is 29.6 Å². The van der Waals surface area contributed by atoms with E-state index in [4.69, 9.17) is 0 Å². The van der Waals surface area contributed by atoms with Crippen LogP contribution in [0.5, 0.6) is 0 Å². The highest BCUT2D eigenvalue weighted by Crippen LogP contribution is 2.21. The van der Waals surface area contributed by atoms with Crippen LogP contribution < -0.4 is 5.32 Å². The van der Waals surface area contributed by atoms with Crippen LogP contribution in [0.4, 0.5) is 8.78 Å². The molecule has 0 saturated carbocycles. The highest BCUT2D eigenvalue weighted by atomic mass is 19.3. The highest BCUT2D eigenvalue weighted by Gasteiger charge is 2.19. The molecule has 1 N–H and O–H groups in total. The number of rotatable bonds is 5. The van der Waals surface area contributed by atoms with Crippen LogP contribution in [0, 0.1) is 0 Å². The number of ether oxygens (including phenoxy) is 1. The van der Waals surface area contributed by atoms with Crippen molar-refractivity contribution in [2.24, 2.45) is 0 Å². The maximum atomic E-state index is 12.4. The van der Waals surface area contributed by atoms with Gasteiger partial charge in [-0.2, -0.15) is 13.8 Å². The average molecular weight is 325 g/mol. The molecule has 0 aliphatic carbocycles. The summed E-state index contributed by atoms with van der Waals surface area (Å²) < 4.78 is 33.7. The molecule has 1 heterocycles. The second kappa shape index (κ2) is 6.95. The first kappa shape index (κ1) is 16.5. The van der Waals surface area contributed by atoms with E-state index in [1.807, 2.05) is 0 Å². The summed E-state index contributed by atoms with van der Waals surface area (Å²) in [5.41, 5.74) is 0.695. The van der Waals surface area contributed by atoms with Gasteiger partial charge in [-0.25, -0.2) is 4.79 Å². The van der Waals surface area contributed by atoms with Crippen LogP contribution in [0.25, 0.3) is 11.4 Å². The molecule has 122 valence electrons. The Morgan fingerprint density at radius 2 is 1.91 bits per heavy atom. The minimum atomic E-state index is -2.85. The standard InChI is InChI=1S/C14H13F2N3O4/c1-7(14(21)22-2)17-12(20)9-5-3-8(4-6-9)11-18-13(10(15)16)23-19-11/h3-7,10H,1-2H3,(H,17,20)/t7-/m0/s1. The smallest absolute Gasteiger partial charge is 0.328 e. The predicted octanol–water partition coefficient (Wildman–Crippen LogP) is 1.97. The number of halogens is 2. The van der Waals surface area contributed by atoms with Crippen LogP contribution in [-0.4, -0.2) is 35.2 Å². The molecule has 0 radical (unpaired) electrons. The molecule has 2 aromatic rings. The number of benzene rings is 1. The van der Waals surface area contributed by atoms with Gasteiger partial charge in [0.25, 0.3) is 11.8 Å². The third-order valence-electron chi connectivity index (χ3n) is 2.94. The number of esters is 1. The van der Waals surface area contributed by atoms with Gasteiger partial charge in [0.2, 0.25) is 5.82 Å². The first-order chi connectivity index (χ1) is 10.9. The molecule has 0 fully saturated rings. The Kier molecular flexibility index (Phi) is 4.99. The lowest BCUT2D eigenvalue weighted by Crippen LogP contribution is -2.39. The van der Waals surface area contributed by atoms with E-state index in [0.717, 1.165) is 0 Å². The summed E-state index contributed by atoms with van der Waals surface area (Å²) in [4.78, 5) is 26.7. The molecule has 9 heteroatoms. The van der Waals surface area contributed by atoms with E-state index in [1.54, 1.807) is 0 Å². The lowest BCUT2D eigenvalue weighted by molar-refractivity contribution is -0.142. The summed E-state index contributed by atoms with van der Waals surface area (Å²) in [6.45, 7) is 1.49. The topological polar surface area (TPSA) is 94.3 Å². The Labute approximate surface area is 129 Å². The van der Waals surface area contributed by atoms with E-state index < -0.39 is 30.2 Å². The van der Waals surface area contributed by atoms with Crippen molar-refractivity contribution in [2.75, 3.05) is 7.11 Å². The van der Waals surface area contributed by atoms with Crippen molar-refractivity contribution in [3.63, 3.8) is 0 Å². The van der Waals surface area contributed by atoms with Crippen LogP contribution in [0.3, 0.4) is 0 Å². The Morgan fingerprint density at radius 1 is 1.26 bits per heavy atom. The van der Waals surface area contributed by atoms with Gasteiger partial charge in [-0.15, -0.1) is 0 Å². The summed E-state index contributed by atoms with van der Waals surface area (Å²) in [7, 11) is 1.22. The lowest BCUT2D eigenvalue weighted by Gasteiger charge is -2.11. The normalized spacial score (nSPS) is 12.0. The minimum Gasteiger partial charge on any atom is -0.467 e. The quantitative estimate of drug-likeness (QED) is 0.845. The second-order valence-electron chi connectivity index (χ2n) is 4.55. The molecule has 0 spiro atoms. The fourth-order valence-electron chi connectivity index (χ4n) is 1.73. The van der Waals surface area contributed by atoms with E-state index in [-0.39, 0.29) is 11.4 Å². The molecular formula is C14H13F2N3O4. The first-order valence-corrected chi connectivity index (χ1v) is 6.53. The summed E-state index contributed by atoms with van der Waals surface area (Å²) in [5.74, 6) is -1.82. The van der Waals surface area contributed by atoms with E-state index in [9.17, 15) is 18.4 Å². The lowest BCUT2D eigenvalue weighted by atomic mass is 10.1. The predicted molar refractivity (Wildman–Crippen MR) is 73.6 cm³/mol. The average Bonchev–Trinajstić information content (AvgIpc) is 3.04. The van der Waals surface area contributed by atoms with Gasteiger partial charge >= 0.3 is 12.4 Å². The molecule has 0 bridgehead atoms. The number of carbonyl (C=O) groups excluding carboxylic acids is 2. The van der Waals surface area contributed by atoms with Crippen molar-refractivity contribution in [3.8, 4) is 11.4 Å². The van der Waals surface area contributed by atoms with Crippen LogP contribution in [-0.2, 0) is 9.53 Å². The second-order valence-corrected chi connectivity index (χ2v) is 4.55. The minimum absolute atomic E-state index is 0.00446. The zero-order valence-corrected chi connectivity index (χ0v) is 12.2. The van der Waals surface area contributed by atoms with E-state index in [1.165, 1.54) is 38.3 Å². The first-order valence-electron chi connectivity index (χ1n) is 6.53. The number of alkyl halides is 2. The zero-order chi connectivity index (χ0) is 17.0. The molecular weight excluding hydrogens is 312 g/mol. The number of nitrogens with zero attached hydrogens (tertiary/aromatic N) is 2. The molecule has 1 amide bonds. The van der Waals surface area contributed by atoms with Gasteiger partial charge in [-0.1, -0.05) is 17.3 Å². The maximum absolute atomic E-state index is 12.4. The Bertz CT molecular complexity index is 700. The molecule has 0 aliphatic heterocycles. The van der Waals surface area contributed by atoms with E-state index in [0.29, 0.717) is 5.56 Å². The van der Waals surface area contributed by atoms with Crippen molar-refractivity contribution in [1.82, 2.24) is 15.5 Å². The van der Waals surface area contributed by atoms with Crippen molar-refractivity contribution < 1.29 is 27.6 Å². The Hall–Kier alpha value is -2.84. The summed E-state index contributed by atoms with van der Waals surface area (Å²) in [5, 5.41) is 5.90. The molecule has 0 aliphatic rings. The number of aromatic nitrogens is 2. The third-order valence-corrected chi connectivity index (χ3v) is 2.94. The van der Waals surface area contributed by atoms with Crippen molar-refractivity contribution in [2.45, 2.75) is 19.4 Å². The molecule has 1 atom stereocenters. The monoisotopic (exact) mass is 325 g/mol. The van der Waals surface area contributed by atoms with Gasteiger partial charge in [0.15, 0.2) is 0 Å². The van der Waals surface area contributed by atoms with Gasteiger partial charge in [0.05, 0.1) is 7.11 Å². The molecule has 7 nitrogen and oxygen atoms in total. The number of carbonyl (C=O) groups is 2. The fourth-order valence-corrected chi connectivity index (χ4v) is 1.73. The van der Waals surface area contributed by atoms with E-state index in [2.05, 4.69) is 24.7 Å². The van der Waals surface area contributed by atoms with E-state index >= 15 is 0 Å². The van der Waals surface area contributed by atoms with Crippen LogP contribution >= 0.6 is 0 Å². The largest absolute Gasteiger partial charge is 0.467 e. The number of hydrogen-bond donors (Lipinski definition) is 1. The van der Waals surface area contributed by atoms with Crippen molar-refractivity contribution in [3.05, 3.63) is 35.7 Å². The van der Waals surface area contributed by atoms with Gasteiger partial charge in [-0.3, -0.25) is 4.79 Å². The van der Waals surface area contributed by atoms with Gasteiger partial charge in [-0.05, 0) is 19.1 Å². The Morgan fingerprint density at radius 3 is 2.43 bits per heavy atom. The third kappa shape index (κ3) is 3.87. The summed E-state index contributed by atoms with van der Waals surface area (Å²) in [6.07, 6.45) is -2.85. The molecule has 2 rings (SSSR count). The zero-order valence-electron chi connectivity index (χ0n) is 12.2. The van der Waals surface area contributed by atoms with Crippen LogP contribution in [0.2, 0.25) is 0 Å². The molecule has 1 aromatic carbocycles. The summed E-state index contributed by atoms with van der Waals surface area (Å²) >= 11 is 0. The SMILES string of the molecule is COC(=O)[C@H](C)NC(=O)c1ccc(-c2noc(C(F)F)n2)cc1. The maximum Gasteiger partial charge on any atom is 0.328 e. The number of methoxy groups -OCH3 is 1. The Balaban J connectivity index is 2.09. The van der Waals surface area contributed by atoms with Crippen molar-refractivity contribution >= 4 is 11.9 Å². The number of amides is 1. The summed E-state index contributed by atoms with van der Waals surface area (Å²) in [6, 6.07) is 5.08. The molecule has 23 heavy (non-hydrogen) atoms. The molecule has 0 unspecified atom stereocenters. The fraction of sp³-hybridized carbons (Fsp3) is 0.286.